The van der Waals surface area contributed by atoms with Crippen LogP contribution in [0.15, 0.2) is 24.3 Å². The minimum Gasteiger partial charge on any atom is -0.478 e. The van der Waals surface area contributed by atoms with Crippen molar-refractivity contribution >= 4 is 23.4 Å². The highest BCUT2D eigenvalue weighted by atomic mass is 35.5. The van der Waals surface area contributed by atoms with Gasteiger partial charge in [0.25, 0.3) is 5.91 Å². The van der Waals surface area contributed by atoms with Gasteiger partial charge in [-0.2, -0.15) is 0 Å². The Bertz CT molecular complexity index is 514. The molecule has 1 aromatic rings. The number of halogens is 1. The Morgan fingerprint density at radius 2 is 2.05 bits per heavy atom. The van der Waals surface area contributed by atoms with Gasteiger partial charge in [0.2, 0.25) is 5.91 Å². The molecule has 0 bridgehead atoms. The number of rotatable bonds is 4. The Morgan fingerprint density at radius 1 is 1.40 bits per heavy atom. The lowest BCUT2D eigenvalue weighted by atomic mass is 10.1. The second kappa shape index (κ2) is 5.71. The van der Waals surface area contributed by atoms with Crippen molar-refractivity contribution in [3.63, 3.8) is 0 Å². The summed E-state index contributed by atoms with van der Waals surface area (Å²) in [6.45, 7) is 3.82. The van der Waals surface area contributed by atoms with Gasteiger partial charge < -0.3 is 15.4 Å². The quantitative estimate of drug-likeness (QED) is 0.885. The van der Waals surface area contributed by atoms with Crippen LogP contribution >= 0.6 is 11.6 Å². The van der Waals surface area contributed by atoms with Crippen molar-refractivity contribution in [2.45, 2.75) is 31.9 Å². The van der Waals surface area contributed by atoms with Crippen LogP contribution in [0.5, 0.6) is 5.75 Å². The summed E-state index contributed by atoms with van der Waals surface area (Å²) in [5, 5.41) is 6.09. The standard InChI is InChI=1S/C14H17ClN2O3/c1-14(2,20-11-5-3-9(15)4-6-11)13(19)17-10-7-12(18)16-8-10/h3-6,10H,7-8H2,1-2H3,(H,16,18)(H,17,19)/t10-/m0/s1. The molecule has 108 valence electrons. The normalized spacial score (nSPS) is 18.6. The largest absolute Gasteiger partial charge is 0.478 e. The van der Waals surface area contributed by atoms with Crippen LogP contribution in [0.3, 0.4) is 0 Å². The molecule has 1 atom stereocenters. The molecule has 5 nitrogen and oxygen atoms in total. The summed E-state index contributed by atoms with van der Waals surface area (Å²) >= 11 is 5.80. The van der Waals surface area contributed by atoms with Crippen molar-refractivity contribution in [1.82, 2.24) is 10.6 Å². The molecule has 0 aromatic heterocycles. The molecule has 0 unspecified atom stereocenters. The Morgan fingerprint density at radius 3 is 2.60 bits per heavy atom. The van der Waals surface area contributed by atoms with Crippen molar-refractivity contribution in [2.24, 2.45) is 0 Å². The smallest absolute Gasteiger partial charge is 0.263 e. The molecule has 1 saturated heterocycles. The molecule has 1 heterocycles. The average molecular weight is 297 g/mol. The maximum Gasteiger partial charge on any atom is 0.263 e. The van der Waals surface area contributed by atoms with Gasteiger partial charge >= 0.3 is 0 Å². The van der Waals surface area contributed by atoms with Crippen LogP contribution in [0, 0.1) is 0 Å². The van der Waals surface area contributed by atoms with Gasteiger partial charge in [0, 0.05) is 18.0 Å². The number of benzene rings is 1. The Hall–Kier alpha value is -1.75. The van der Waals surface area contributed by atoms with E-state index in [1.54, 1.807) is 38.1 Å². The predicted molar refractivity (Wildman–Crippen MR) is 75.7 cm³/mol. The minimum absolute atomic E-state index is 0.0493. The van der Waals surface area contributed by atoms with Crippen LogP contribution in [-0.4, -0.2) is 30.0 Å². The fourth-order valence-corrected chi connectivity index (χ4v) is 2.04. The molecule has 0 aliphatic carbocycles. The zero-order valence-electron chi connectivity index (χ0n) is 11.4. The molecular weight excluding hydrogens is 280 g/mol. The summed E-state index contributed by atoms with van der Waals surface area (Å²) < 4.78 is 5.68. The second-order valence-corrected chi connectivity index (χ2v) is 5.68. The van der Waals surface area contributed by atoms with Crippen LogP contribution in [-0.2, 0) is 9.59 Å². The van der Waals surface area contributed by atoms with E-state index in [4.69, 9.17) is 16.3 Å². The highest BCUT2D eigenvalue weighted by Crippen LogP contribution is 2.21. The molecule has 6 heteroatoms. The van der Waals surface area contributed by atoms with E-state index < -0.39 is 5.60 Å². The first-order chi connectivity index (χ1) is 9.37. The van der Waals surface area contributed by atoms with Gasteiger partial charge in [-0.3, -0.25) is 9.59 Å². The highest BCUT2D eigenvalue weighted by molar-refractivity contribution is 6.30. The predicted octanol–water partition coefficient (Wildman–Crippen LogP) is 1.50. The summed E-state index contributed by atoms with van der Waals surface area (Å²) in [5.41, 5.74) is -1.03. The van der Waals surface area contributed by atoms with E-state index in [1.165, 1.54) is 0 Å². The molecule has 1 fully saturated rings. The fraction of sp³-hybridized carbons (Fsp3) is 0.429. The van der Waals surface area contributed by atoms with E-state index in [-0.39, 0.29) is 17.9 Å². The maximum atomic E-state index is 12.2. The lowest BCUT2D eigenvalue weighted by molar-refractivity contribution is -0.134. The van der Waals surface area contributed by atoms with Crippen LogP contribution in [0.25, 0.3) is 0 Å². The third-order valence-electron chi connectivity index (χ3n) is 3.05. The lowest BCUT2D eigenvalue weighted by Gasteiger charge is -2.26. The Labute approximate surface area is 122 Å². The number of nitrogens with one attached hydrogen (secondary N) is 2. The molecule has 1 aromatic carbocycles. The maximum absolute atomic E-state index is 12.2. The summed E-state index contributed by atoms with van der Waals surface area (Å²) in [6, 6.07) is 6.63. The topological polar surface area (TPSA) is 67.4 Å². The van der Waals surface area contributed by atoms with E-state index in [9.17, 15) is 9.59 Å². The van der Waals surface area contributed by atoms with E-state index >= 15 is 0 Å². The van der Waals surface area contributed by atoms with E-state index in [1.807, 2.05) is 0 Å². The zero-order chi connectivity index (χ0) is 14.8. The molecule has 2 N–H and O–H groups in total. The molecule has 0 radical (unpaired) electrons. The van der Waals surface area contributed by atoms with Crippen molar-refractivity contribution < 1.29 is 14.3 Å². The Kier molecular flexibility index (Phi) is 4.18. The van der Waals surface area contributed by atoms with Crippen LogP contribution in [0.1, 0.15) is 20.3 Å². The third kappa shape index (κ3) is 3.63. The van der Waals surface area contributed by atoms with Gasteiger partial charge in [0.05, 0.1) is 6.04 Å². The van der Waals surface area contributed by atoms with Crippen LogP contribution in [0.2, 0.25) is 5.02 Å². The third-order valence-corrected chi connectivity index (χ3v) is 3.30. The van der Waals surface area contributed by atoms with Crippen LogP contribution < -0.4 is 15.4 Å². The summed E-state index contributed by atoms with van der Waals surface area (Å²) in [6.07, 6.45) is 0.308. The monoisotopic (exact) mass is 296 g/mol. The van der Waals surface area contributed by atoms with Gasteiger partial charge in [-0.1, -0.05) is 11.6 Å². The number of hydrogen-bond donors (Lipinski definition) is 2. The number of amides is 2. The molecule has 2 amide bonds. The van der Waals surface area contributed by atoms with Crippen molar-refractivity contribution in [3.05, 3.63) is 29.3 Å². The first-order valence-corrected chi connectivity index (χ1v) is 6.77. The molecule has 1 aliphatic heterocycles. The Balaban J connectivity index is 1.96. The number of hydrogen-bond acceptors (Lipinski definition) is 3. The number of ether oxygens (including phenoxy) is 1. The first-order valence-electron chi connectivity index (χ1n) is 6.39. The van der Waals surface area contributed by atoms with Gasteiger partial charge in [-0.05, 0) is 38.1 Å². The lowest BCUT2D eigenvalue weighted by Crippen LogP contribution is -2.50. The van der Waals surface area contributed by atoms with Gasteiger partial charge in [-0.25, -0.2) is 0 Å². The van der Waals surface area contributed by atoms with E-state index in [2.05, 4.69) is 10.6 Å². The molecule has 0 spiro atoms. The average Bonchev–Trinajstić information content (AvgIpc) is 2.77. The first kappa shape index (κ1) is 14.7. The zero-order valence-corrected chi connectivity index (χ0v) is 12.2. The van der Waals surface area contributed by atoms with E-state index in [0.29, 0.717) is 23.7 Å². The highest BCUT2D eigenvalue weighted by Gasteiger charge is 2.33. The van der Waals surface area contributed by atoms with Gasteiger partial charge in [0.1, 0.15) is 5.75 Å². The molecular formula is C14H17ClN2O3. The van der Waals surface area contributed by atoms with Crippen molar-refractivity contribution in [1.29, 1.82) is 0 Å². The van der Waals surface area contributed by atoms with Crippen molar-refractivity contribution in [2.75, 3.05) is 6.54 Å². The minimum atomic E-state index is -1.03. The summed E-state index contributed by atoms with van der Waals surface area (Å²) in [7, 11) is 0. The summed E-state index contributed by atoms with van der Waals surface area (Å²) in [5.74, 6) is 0.260. The number of carbonyl (C=O) groups excluding carboxylic acids is 2. The van der Waals surface area contributed by atoms with Crippen LogP contribution in [0.4, 0.5) is 0 Å². The second-order valence-electron chi connectivity index (χ2n) is 5.24. The van der Waals surface area contributed by atoms with E-state index in [0.717, 1.165) is 0 Å². The van der Waals surface area contributed by atoms with Gasteiger partial charge in [-0.15, -0.1) is 0 Å². The van der Waals surface area contributed by atoms with Crippen molar-refractivity contribution in [3.8, 4) is 5.75 Å². The fourth-order valence-electron chi connectivity index (χ4n) is 1.91. The molecule has 1 aliphatic rings. The molecule has 0 saturated carbocycles. The van der Waals surface area contributed by atoms with Gasteiger partial charge in [0.15, 0.2) is 5.60 Å². The summed E-state index contributed by atoms with van der Waals surface area (Å²) in [4.78, 5) is 23.3. The molecule has 2 rings (SSSR count). The number of carbonyl (C=O) groups is 2. The molecule has 20 heavy (non-hydrogen) atoms. The SMILES string of the molecule is CC(C)(Oc1ccc(Cl)cc1)C(=O)N[C@@H]1CNC(=O)C1.